The fourth-order valence-electron chi connectivity index (χ4n) is 1.61. The molecule has 2 rings (SSSR count). The van der Waals surface area contributed by atoms with Crippen molar-refractivity contribution in [2.24, 2.45) is 0 Å². The quantitative estimate of drug-likeness (QED) is 0.858. The zero-order valence-corrected chi connectivity index (χ0v) is 10.6. The maximum atomic E-state index is 12.8. The molecular weight excluding hydrogens is 251 g/mol. The van der Waals surface area contributed by atoms with E-state index in [4.69, 9.17) is 4.42 Å². The molecule has 0 saturated carbocycles. The van der Waals surface area contributed by atoms with Crippen molar-refractivity contribution in [2.45, 2.75) is 13.3 Å². The summed E-state index contributed by atoms with van der Waals surface area (Å²) in [6, 6.07) is 5.79. The predicted octanol–water partition coefficient (Wildman–Crippen LogP) is 2.01. The first-order chi connectivity index (χ1) is 9.10. The lowest BCUT2D eigenvalue weighted by molar-refractivity contribution is -0.130. The molecule has 0 fully saturated rings. The van der Waals surface area contributed by atoms with Gasteiger partial charge in [0.25, 0.3) is 0 Å². The Kier molecular flexibility index (Phi) is 3.91. The van der Waals surface area contributed by atoms with Gasteiger partial charge in [0.2, 0.25) is 11.8 Å². The first-order valence-electron chi connectivity index (χ1n) is 5.64. The molecule has 0 bridgehead atoms. The van der Waals surface area contributed by atoms with Crippen molar-refractivity contribution in [1.29, 1.82) is 0 Å². The second-order valence-corrected chi connectivity index (χ2v) is 3.93. The summed E-state index contributed by atoms with van der Waals surface area (Å²) in [7, 11) is 1.36. The zero-order valence-electron chi connectivity index (χ0n) is 10.6. The van der Waals surface area contributed by atoms with Gasteiger partial charge in [0, 0.05) is 5.56 Å². The van der Waals surface area contributed by atoms with Gasteiger partial charge in [-0.1, -0.05) is 0 Å². The molecule has 0 aliphatic carbocycles. The Labute approximate surface area is 109 Å². The van der Waals surface area contributed by atoms with Crippen LogP contribution >= 0.6 is 0 Å². The number of oxazole rings is 1. The van der Waals surface area contributed by atoms with E-state index in [1.54, 1.807) is 19.1 Å². The fraction of sp³-hybridized carbons (Fsp3) is 0.231. The van der Waals surface area contributed by atoms with Crippen molar-refractivity contribution in [2.75, 3.05) is 7.11 Å². The molecule has 6 heteroatoms. The van der Waals surface area contributed by atoms with Gasteiger partial charge in [-0.05, 0) is 31.2 Å². The Morgan fingerprint density at radius 1 is 1.42 bits per heavy atom. The average Bonchev–Trinajstić information content (AvgIpc) is 2.72. The van der Waals surface area contributed by atoms with E-state index >= 15 is 0 Å². The molecule has 100 valence electrons. The highest BCUT2D eigenvalue weighted by Gasteiger charge is 2.14. The van der Waals surface area contributed by atoms with Gasteiger partial charge in [-0.2, -0.15) is 0 Å². The van der Waals surface area contributed by atoms with Gasteiger partial charge < -0.3 is 4.42 Å². The van der Waals surface area contributed by atoms with E-state index in [-0.39, 0.29) is 18.1 Å². The van der Waals surface area contributed by atoms with Crippen LogP contribution in [0.3, 0.4) is 0 Å². The molecule has 0 spiro atoms. The summed E-state index contributed by atoms with van der Waals surface area (Å²) in [5.74, 6) is 0.263. The number of carbonyl (C=O) groups excluding carboxylic acids is 1. The summed E-state index contributed by atoms with van der Waals surface area (Å²) in [5, 5.41) is 0. The van der Waals surface area contributed by atoms with E-state index in [9.17, 15) is 9.18 Å². The van der Waals surface area contributed by atoms with E-state index in [0.717, 1.165) is 0 Å². The number of hydrogen-bond acceptors (Lipinski definition) is 4. The van der Waals surface area contributed by atoms with Crippen molar-refractivity contribution in [3.8, 4) is 11.5 Å². The van der Waals surface area contributed by atoms with Crippen molar-refractivity contribution in [1.82, 2.24) is 10.5 Å². The molecule has 5 nitrogen and oxygen atoms in total. The summed E-state index contributed by atoms with van der Waals surface area (Å²) >= 11 is 0. The summed E-state index contributed by atoms with van der Waals surface area (Å²) < 4.78 is 18.3. The van der Waals surface area contributed by atoms with Crippen LogP contribution in [0, 0.1) is 12.7 Å². The van der Waals surface area contributed by atoms with E-state index in [0.29, 0.717) is 22.9 Å². The van der Waals surface area contributed by atoms with Crippen molar-refractivity contribution in [3.05, 3.63) is 41.5 Å². The third kappa shape index (κ3) is 3.17. The number of carbonyl (C=O) groups is 1. The van der Waals surface area contributed by atoms with Crippen LogP contribution in [-0.2, 0) is 16.1 Å². The number of benzene rings is 1. The van der Waals surface area contributed by atoms with E-state index in [2.05, 4.69) is 15.3 Å². The first kappa shape index (κ1) is 13.2. The third-order valence-electron chi connectivity index (χ3n) is 2.53. The number of hydroxylamine groups is 1. The van der Waals surface area contributed by atoms with Gasteiger partial charge >= 0.3 is 0 Å². The van der Waals surface area contributed by atoms with Gasteiger partial charge in [-0.15, -0.1) is 0 Å². The monoisotopic (exact) mass is 264 g/mol. The van der Waals surface area contributed by atoms with Gasteiger partial charge in [-0.3, -0.25) is 9.63 Å². The number of aryl methyl sites for hydroxylation is 1. The van der Waals surface area contributed by atoms with Gasteiger partial charge in [-0.25, -0.2) is 14.9 Å². The number of nitrogens with one attached hydrogen (secondary N) is 1. The first-order valence-corrected chi connectivity index (χ1v) is 5.64. The van der Waals surface area contributed by atoms with Gasteiger partial charge in [0.05, 0.1) is 19.2 Å². The molecule has 0 radical (unpaired) electrons. The molecule has 1 aromatic heterocycles. The van der Waals surface area contributed by atoms with Crippen LogP contribution in [0.5, 0.6) is 0 Å². The fourth-order valence-corrected chi connectivity index (χ4v) is 1.61. The van der Waals surface area contributed by atoms with Gasteiger partial charge in [0.15, 0.2) is 0 Å². The predicted molar refractivity (Wildman–Crippen MR) is 65.5 cm³/mol. The van der Waals surface area contributed by atoms with Crippen molar-refractivity contribution < 1.29 is 18.4 Å². The maximum Gasteiger partial charge on any atom is 0.249 e. The smallest absolute Gasteiger partial charge is 0.249 e. The highest BCUT2D eigenvalue weighted by atomic mass is 19.1. The van der Waals surface area contributed by atoms with Crippen LogP contribution in [0.1, 0.15) is 11.5 Å². The zero-order chi connectivity index (χ0) is 13.8. The molecule has 1 N–H and O–H groups in total. The second-order valence-electron chi connectivity index (χ2n) is 3.93. The van der Waals surface area contributed by atoms with E-state index < -0.39 is 0 Å². The maximum absolute atomic E-state index is 12.8. The van der Waals surface area contributed by atoms with Crippen molar-refractivity contribution in [3.63, 3.8) is 0 Å². The van der Waals surface area contributed by atoms with E-state index in [1.807, 2.05) is 0 Å². The highest BCUT2D eigenvalue weighted by molar-refractivity contribution is 5.77. The largest absolute Gasteiger partial charge is 0.441 e. The minimum absolute atomic E-state index is 0.0599. The molecule has 1 amide bonds. The molecule has 0 unspecified atom stereocenters. The minimum Gasteiger partial charge on any atom is -0.441 e. The molecule has 1 aromatic carbocycles. The topological polar surface area (TPSA) is 64.4 Å². The number of rotatable bonds is 4. The van der Waals surface area contributed by atoms with Crippen LogP contribution in [0.25, 0.3) is 11.5 Å². The Balaban J connectivity index is 2.21. The SMILES string of the molecule is CONC(=O)Cc1nc(-c2ccc(F)cc2)oc1C. The number of aromatic nitrogens is 1. The molecule has 0 aliphatic rings. The van der Waals surface area contributed by atoms with Crippen LogP contribution in [0.2, 0.25) is 0 Å². The van der Waals surface area contributed by atoms with Gasteiger partial charge in [0.1, 0.15) is 11.6 Å². The lowest BCUT2D eigenvalue weighted by Gasteiger charge is -1.98. The third-order valence-corrected chi connectivity index (χ3v) is 2.53. The Morgan fingerprint density at radius 2 is 2.11 bits per heavy atom. The number of amides is 1. The Hall–Kier alpha value is -2.21. The standard InChI is InChI=1S/C13H13FN2O3/c1-8-11(7-12(17)16-18-2)15-13(19-8)9-3-5-10(14)6-4-9/h3-6H,7H2,1-2H3,(H,16,17). The van der Waals surface area contributed by atoms with E-state index in [1.165, 1.54) is 19.2 Å². The molecule has 2 aromatic rings. The highest BCUT2D eigenvalue weighted by Crippen LogP contribution is 2.22. The Bertz CT molecular complexity index is 578. The lowest BCUT2D eigenvalue weighted by atomic mass is 10.2. The summed E-state index contributed by atoms with van der Waals surface area (Å²) in [4.78, 5) is 20.1. The summed E-state index contributed by atoms with van der Waals surface area (Å²) in [6.07, 6.45) is 0.0599. The molecular formula is C13H13FN2O3. The summed E-state index contributed by atoms with van der Waals surface area (Å²) in [5.41, 5.74) is 3.39. The number of nitrogens with zero attached hydrogens (tertiary/aromatic N) is 1. The van der Waals surface area contributed by atoms with Crippen LogP contribution in [0.15, 0.2) is 28.7 Å². The molecule has 0 atom stereocenters. The molecule has 0 saturated heterocycles. The normalized spacial score (nSPS) is 10.5. The molecule has 19 heavy (non-hydrogen) atoms. The number of halogens is 1. The van der Waals surface area contributed by atoms with Crippen LogP contribution in [-0.4, -0.2) is 18.0 Å². The molecule has 1 heterocycles. The number of hydrogen-bond donors (Lipinski definition) is 1. The lowest BCUT2D eigenvalue weighted by Crippen LogP contribution is -2.24. The Morgan fingerprint density at radius 3 is 2.74 bits per heavy atom. The summed E-state index contributed by atoms with van der Waals surface area (Å²) in [6.45, 7) is 1.72. The van der Waals surface area contributed by atoms with Crippen molar-refractivity contribution >= 4 is 5.91 Å². The second kappa shape index (κ2) is 5.62. The van der Waals surface area contributed by atoms with Crippen LogP contribution in [0.4, 0.5) is 4.39 Å². The van der Waals surface area contributed by atoms with Crippen LogP contribution < -0.4 is 5.48 Å². The average molecular weight is 264 g/mol. The minimum atomic E-state index is -0.327. The molecule has 0 aliphatic heterocycles.